The molecule has 0 spiro atoms. The molecule has 1 amide bonds. The molecule has 0 saturated carbocycles. The van der Waals surface area contributed by atoms with Crippen molar-refractivity contribution in [2.24, 2.45) is 11.5 Å². The fourth-order valence-corrected chi connectivity index (χ4v) is 3.75. The van der Waals surface area contributed by atoms with E-state index >= 15 is 4.39 Å². The van der Waals surface area contributed by atoms with Crippen molar-refractivity contribution in [3.63, 3.8) is 0 Å². The molecule has 3 aromatic rings. The minimum absolute atomic E-state index is 0.0188. The molecule has 1 aromatic heterocycles. The van der Waals surface area contributed by atoms with Crippen LogP contribution in [0.5, 0.6) is 11.5 Å². The van der Waals surface area contributed by atoms with Gasteiger partial charge in [0.1, 0.15) is 17.7 Å². The van der Waals surface area contributed by atoms with Crippen LogP contribution in [0.1, 0.15) is 27.7 Å². The summed E-state index contributed by atoms with van der Waals surface area (Å²) in [7, 11) is 2.78. The first-order valence-electron chi connectivity index (χ1n) is 9.25. The molecule has 0 fully saturated rings. The molecule has 1 aliphatic rings. The zero-order chi connectivity index (χ0) is 22.7. The van der Waals surface area contributed by atoms with Crippen LogP contribution in [0.15, 0.2) is 42.6 Å². The molecular weight excluding hydrogens is 428 g/mol. The first-order valence-corrected chi connectivity index (χ1v) is 9.63. The number of nitrogens with zero attached hydrogens (tertiary/aromatic N) is 1. The van der Waals surface area contributed by atoms with Gasteiger partial charge in [0.15, 0.2) is 11.6 Å². The largest absolute Gasteiger partial charge is 0.494 e. The van der Waals surface area contributed by atoms with Crippen molar-refractivity contribution < 1.29 is 23.0 Å². The van der Waals surface area contributed by atoms with E-state index in [2.05, 4.69) is 10.7 Å². The zero-order valence-corrected chi connectivity index (χ0v) is 17.5. The molecule has 0 bridgehead atoms. The van der Waals surface area contributed by atoms with Crippen LogP contribution in [0.2, 0.25) is 5.02 Å². The Kier molecular flexibility index (Phi) is 6.72. The van der Waals surface area contributed by atoms with Crippen molar-refractivity contribution in [1.82, 2.24) is 4.98 Å². The molecule has 0 saturated heterocycles. The molecule has 2 heterocycles. The van der Waals surface area contributed by atoms with Crippen molar-refractivity contribution in [1.29, 1.82) is 0 Å². The molecule has 9 heteroatoms. The Labute approximate surface area is 182 Å². The van der Waals surface area contributed by atoms with Crippen LogP contribution in [-0.4, -0.2) is 25.0 Å². The van der Waals surface area contributed by atoms with Crippen LogP contribution in [0.25, 0.3) is 11.1 Å². The summed E-state index contributed by atoms with van der Waals surface area (Å²) in [5.74, 6) is -2.47. The first-order chi connectivity index (χ1) is 14.9. The van der Waals surface area contributed by atoms with Gasteiger partial charge in [-0.25, -0.2) is 8.78 Å². The molecule has 4 N–H and O–H groups in total. The Balaban J connectivity index is 0.00000132. The van der Waals surface area contributed by atoms with Gasteiger partial charge in [0.25, 0.3) is 0 Å². The van der Waals surface area contributed by atoms with Crippen LogP contribution in [0.3, 0.4) is 0 Å². The number of hydrogen-bond donors (Lipinski definition) is 2. The lowest BCUT2D eigenvalue weighted by Crippen LogP contribution is -2.14. The molecule has 4 rings (SSSR count). The molecule has 162 valence electrons. The number of carbonyl (C=O) groups is 1. The number of amides is 1. The lowest BCUT2D eigenvalue weighted by molar-refractivity contribution is 0.100. The summed E-state index contributed by atoms with van der Waals surface area (Å²) >= 11 is 6.24. The van der Waals surface area contributed by atoms with E-state index in [4.69, 9.17) is 26.8 Å². The predicted molar refractivity (Wildman–Crippen MR) is 113 cm³/mol. The number of primary amides is 1. The number of carbonyl (C=O) groups excluding carboxylic acids is 1. The molecule has 1 unspecified atom stereocenters. The normalized spacial score (nSPS) is 14.2. The van der Waals surface area contributed by atoms with Crippen molar-refractivity contribution >= 4 is 17.5 Å². The first kappa shape index (κ1) is 22.5. The number of nitrogens with two attached hydrogens (primary N) is 2. The van der Waals surface area contributed by atoms with Gasteiger partial charge in [-0.15, -0.1) is 0 Å². The monoisotopic (exact) mass is 447 g/mol. The van der Waals surface area contributed by atoms with Crippen LogP contribution in [0, 0.1) is 11.6 Å². The van der Waals surface area contributed by atoms with Crippen LogP contribution < -0.4 is 20.9 Å². The third kappa shape index (κ3) is 4.04. The second-order valence-electron chi connectivity index (χ2n) is 6.46. The number of aromatic nitrogens is 1. The molecular formula is C22H20ClF2N3O3. The summed E-state index contributed by atoms with van der Waals surface area (Å²) in [5, 5.41) is -0.330. The van der Waals surface area contributed by atoms with E-state index in [1.54, 1.807) is 24.4 Å². The van der Waals surface area contributed by atoms with Gasteiger partial charge in [-0.1, -0.05) is 17.7 Å². The van der Waals surface area contributed by atoms with Gasteiger partial charge in [-0.2, -0.15) is 0 Å². The second-order valence-corrected chi connectivity index (χ2v) is 6.84. The van der Waals surface area contributed by atoms with Gasteiger partial charge >= 0.3 is 0 Å². The average molecular weight is 448 g/mol. The van der Waals surface area contributed by atoms with Gasteiger partial charge in [0.05, 0.1) is 23.4 Å². The summed E-state index contributed by atoms with van der Waals surface area (Å²) in [6.07, 6.45) is 1.37. The Bertz CT molecular complexity index is 1130. The minimum atomic E-state index is -0.879. The van der Waals surface area contributed by atoms with Gasteiger partial charge in [-0.05, 0) is 31.3 Å². The lowest BCUT2D eigenvalue weighted by Gasteiger charge is -2.16. The average Bonchev–Trinajstić information content (AvgIpc) is 3.20. The molecule has 1 aliphatic heterocycles. The minimum Gasteiger partial charge on any atom is -0.494 e. The maximum absolute atomic E-state index is 15.2. The number of rotatable bonds is 4. The highest BCUT2D eigenvalue weighted by Gasteiger charge is 2.33. The number of benzene rings is 2. The molecule has 0 aliphatic carbocycles. The summed E-state index contributed by atoms with van der Waals surface area (Å²) in [5.41, 5.74) is 10.7. The SMILES string of the molecule is CN.COc1ccc(C(N)=O)c(-c2c(Cl)c(F)cc3c2CC(c2ccccn2)O3)c1F. The van der Waals surface area contributed by atoms with Crippen LogP contribution in [-0.2, 0) is 6.42 Å². The highest BCUT2D eigenvalue weighted by molar-refractivity contribution is 6.34. The van der Waals surface area contributed by atoms with Crippen molar-refractivity contribution in [2.75, 3.05) is 14.2 Å². The van der Waals surface area contributed by atoms with Gasteiger partial charge in [0.2, 0.25) is 5.91 Å². The highest BCUT2D eigenvalue weighted by atomic mass is 35.5. The Morgan fingerprint density at radius 1 is 1.23 bits per heavy atom. The summed E-state index contributed by atoms with van der Waals surface area (Å²) in [6.45, 7) is 0. The fraction of sp³-hybridized carbons (Fsp3) is 0.182. The summed E-state index contributed by atoms with van der Waals surface area (Å²) in [6, 6.07) is 9.08. The number of hydrogen-bond acceptors (Lipinski definition) is 5. The molecule has 0 radical (unpaired) electrons. The van der Waals surface area contributed by atoms with Crippen LogP contribution >= 0.6 is 11.6 Å². The van der Waals surface area contributed by atoms with Crippen molar-refractivity contribution in [2.45, 2.75) is 12.5 Å². The van der Waals surface area contributed by atoms with E-state index in [0.29, 0.717) is 11.3 Å². The maximum Gasteiger partial charge on any atom is 0.249 e. The fourth-order valence-electron chi connectivity index (χ4n) is 3.49. The summed E-state index contributed by atoms with van der Waals surface area (Å²) < 4.78 is 40.7. The number of ether oxygens (including phenoxy) is 2. The van der Waals surface area contributed by atoms with Crippen LogP contribution in [0.4, 0.5) is 8.78 Å². The molecule has 31 heavy (non-hydrogen) atoms. The maximum atomic E-state index is 15.2. The third-order valence-corrected chi connectivity index (χ3v) is 5.17. The van der Waals surface area contributed by atoms with E-state index < -0.39 is 23.6 Å². The topological polar surface area (TPSA) is 100 Å². The van der Waals surface area contributed by atoms with Crippen molar-refractivity contribution in [3.8, 4) is 22.6 Å². The predicted octanol–water partition coefficient (Wildman–Crippen LogP) is 4.04. The standard InChI is InChI=1S/C21H15ClF2N2O3.CH5N/c1-28-14-6-5-10(21(25)27)18(20(14)24)17-11-8-16(13-4-2-3-7-26-13)29-15(11)9-12(23)19(17)22;1-2/h2-7,9,16H,8H2,1H3,(H2,25,27);2H2,1H3. The third-order valence-electron chi connectivity index (χ3n) is 4.80. The second kappa shape index (κ2) is 9.28. The smallest absolute Gasteiger partial charge is 0.249 e. The quantitative estimate of drug-likeness (QED) is 0.628. The van der Waals surface area contributed by atoms with E-state index in [-0.39, 0.29) is 39.6 Å². The molecule has 1 atom stereocenters. The summed E-state index contributed by atoms with van der Waals surface area (Å²) in [4.78, 5) is 16.2. The number of methoxy groups -OCH3 is 1. The van der Waals surface area contributed by atoms with E-state index in [9.17, 15) is 9.18 Å². The van der Waals surface area contributed by atoms with E-state index in [1.807, 2.05) is 0 Å². The number of pyridine rings is 1. The highest BCUT2D eigenvalue weighted by Crippen LogP contribution is 2.48. The Hall–Kier alpha value is -3.23. The Morgan fingerprint density at radius 2 is 1.97 bits per heavy atom. The Morgan fingerprint density at radius 3 is 2.58 bits per heavy atom. The molecule has 6 nitrogen and oxygen atoms in total. The zero-order valence-electron chi connectivity index (χ0n) is 16.8. The molecule has 2 aromatic carbocycles. The van der Waals surface area contributed by atoms with E-state index in [0.717, 1.165) is 6.07 Å². The van der Waals surface area contributed by atoms with Gasteiger partial charge in [-0.3, -0.25) is 9.78 Å². The number of fused-ring (bicyclic) bond motifs is 1. The lowest BCUT2D eigenvalue weighted by atomic mass is 9.91. The van der Waals surface area contributed by atoms with Gasteiger partial charge < -0.3 is 20.9 Å². The number of halogens is 3. The van der Waals surface area contributed by atoms with Crippen molar-refractivity contribution in [3.05, 3.63) is 76.1 Å². The van der Waals surface area contributed by atoms with E-state index in [1.165, 1.54) is 26.3 Å². The van der Waals surface area contributed by atoms with Gasteiger partial charge in [0, 0.05) is 35.4 Å².